The SMILES string of the molecule is C[C@@H](NCCS(=O)(=O)C(C)(C)C)c1ccc(Cl)s1. The number of hydrogen-bond donors (Lipinski definition) is 1. The summed E-state index contributed by atoms with van der Waals surface area (Å²) in [6.07, 6.45) is 0. The monoisotopic (exact) mass is 309 g/mol. The number of hydrogen-bond acceptors (Lipinski definition) is 4. The van der Waals surface area contributed by atoms with Crippen LogP contribution in [0.2, 0.25) is 4.34 Å². The van der Waals surface area contributed by atoms with Gasteiger partial charge in [0.2, 0.25) is 0 Å². The molecule has 0 amide bonds. The predicted octanol–water partition coefficient (Wildman–Crippen LogP) is 3.27. The van der Waals surface area contributed by atoms with Crippen molar-refractivity contribution in [3.8, 4) is 0 Å². The molecule has 1 aromatic rings. The molecule has 1 atom stereocenters. The molecule has 0 unspecified atom stereocenters. The van der Waals surface area contributed by atoms with Crippen LogP contribution in [0, 0.1) is 0 Å². The van der Waals surface area contributed by atoms with E-state index in [2.05, 4.69) is 5.32 Å². The van der Waals surface area contributed by atoms with Gasteiger partial charge in [-0.1, -0.05) is 11.6 Å². The first kappa shape index (κ1) is 16.0. The summed E-state index contributed by atoms with van der Waals surface area (Å²) >= 11 is 7.38. The molecule has 1 aromatic heterocycles. The molecule has 1 N–H and O–H groups in total. The van der Waals surface area contributed by atoms with Gasteiger partial charge in [-0.15, -0.1) is 11.3 Å². The second-order valence-electron chi connectivity index (χ2n) is 5.25. The number of thiophene rings is 1. The molecule has 0 aliphatic carbocycles. The normalized spacial score (nSPS) is 14.7. The van der Waals surface area contributed by atoms with Crippen LogP contribution in [-0.2, 0) is 9.84 Å². The second-order valence-corrected chi connectivity index (χ2v) is 9.86. The average Bonchev–Trinajstić information content (AvgIpc) is 2.62. The lowest BCUT2D eigenvalue weighted by molar-refractivity contribution is 0.548. The van der Waals surface area contributed by atoms with E-state index in [1.807, 2.05) is 19.1 Å². The van der Waals surface area contributed by atoms with Crippen LogP contribution < -0.4 is 5.32 Å². The molecular weight excluding hydrogens is 290 g/mol. The van der Waals surface area contributed by atoms with Crippen molar-refractivity contribution in [3.05, 3.63) is 21.3 Å². The highest BCUT2D eigenvalue weighted by Crippen LogP contribution is 2.26. The maximum atomic E-state index is 11.9. The lowest BCUT2D eigenvalue weighted by Gasteiger charge is -2.20. The Kier molecular flexibility index (Phi) is 5.23. The van der Waals surface area contributed by atoms with E-state index in [0.29, 0.717) is 6.54 Å². The molecule has 0 radical (unpaired) electrons. The summed E-state index contributed by atoms with van der Waals surface area (Å²) in [5.74, 6) is 0.153. The fourth-order valence-corrected chi connectivity index (χ4v) is 3.46. The Morgan fingerprint density at radius 1 is 1.39 bits per heavy atom. The number of sulfone groups is 1. The minimum atomic E-state index is -3.06. The Labute approximate surface area is 118 Å². The van der Waals surface area contributed by atoms with Crippen LogP contribution in [0.15, 0.2) is 12.1 Å². The minimum absolute atomic E-state index is 0.123. The first-order valence-electron chi connectivity index (χ1n) is 5.84. The van der Waals surface area contributed by atoms with Gasteiger partial charge >= 0.3 is 0 Å². The fourth-order valence-electron chi connectivity index (χ4n) is 1.38. The van der Waals surface area contributed by atoms with E-state index in [1.165, 1.54) is 11.3 Å². The summed E-state index contributed by atoms with van der Waals surface area (Å²) in [4.78, 5) is 1.12. The average molecular weight is 310 g/mol. The molecule has 0 fully saturated rings. The molecule has 0 saturated carbocycles. The van der Waals surface area contributed by atoms with Crippen LogP contribution in [0.3, 0.4) is 0 Å². The van der Waals surface area contributed by atoms with Gasteiger partial charge in [-0.25, -0.2) is 8.42 Å². The number of rotatable bonds is 5. The maximum absolute atomic E-state index is 11.9. The Balaban J connectivity index is 2.48. The largest absolute Gasteiger partial charge is 0.308 e. The second kappa shape index (κ2) is 5.90. The standard InChI is InChI=1S/C12H20ClNO2S2/c1-9(10-5-6-11(13)17-10)14-7-8-18(15,16)12(2,3)4/h5-6,9,14H,7-8H2,1-4H3/t9-/m1/s1. The van der Waals surface area contributed by atoms with E-state index in [0.717, 1.165) is 9.21 Å². The molecule has 0 aliphatic rings. The Morgan fingerprint density at radius 2 is 2.00 bits per heavy atom. The van der Waals surface area contributed by atoms with Crippen molar-refractivity contribution in [3.63, 3.8) is 0 Å². The predicted molar refractivity (Wildman–Crippen MR) is 79.3 cm³/mol. The third kappa shape index (κ3) is 4.23. The molecule has 104 valence electrons. The van der Waals surface area contributed by atoms with Crippen molar-refractivity contribution in [1.82, 2.24) is 5.32 Å². The van der Waals surface area contributed by atoms with Gasteiger partial charge in [-0.2, -0.15) is 0 Å². The van der Waals surface area contributed by atoms with E-state index in [4.69, 9.17) is 11.6 Å². The summed E-state index contributed by atoms with van der Waals surface area (Å²) in [6, 6.07) is 3.94. The van der Waals surface area contributed by atoms with E-state index in [9.17, 15) is 8.42 Å². The first-order chi connectivity index (χ1) is 8.13. The van der Waals surface area contributed by atoms with Crippen molar-refractivity contribution in [2.75, 3.05) is 12.3 Å². The summed E-state index contributed by atoms with van der Waals surface area (Å²) in [7, 11) is -3.06. The zero-order valence-electron chi connectivity index (χ0n) is 11.2. The van der Waals surface area contributed by atoms with Gasteiger partial charge in [0.15, 0.2) is 9.84 Å². The van der Waals surface area contributed by atoms with Gasteiger partial charge < -0.3 is 5.32 Å². The Morgan fingerprint density at radius 3 is 2.44 bits per heavy atom. The third-order valence-corrected chi connectivity index (χ3v) is 6.80. The van der Waals surface area contributed by atoms with Gasteiger partial charge in [0, 0.05) is 17.5 Å². The van der Waals surface area contributed by atoms with E-state index in [1.54, 1.807) is 20.8 Å². The van der Waals surface area contributed by atoms with Crippen molar-refractivity contribution in [1.29, 1.82) is 0 Å². The van der Waals surface area contributed by atoms with Crippen molar-refractivity contribution < 1.29 is 8.42 Å². The summed E-state index contributed by atoms with van der Waals surface area (Å²) in [5.41, 5.74) is 0. The van der Waals surface area contributed by atoms with Crippen LogP contribution in [0.4, 0.5) is 0 Å². The number of halogens is 1. The molecule has 0 spiro atoms. The Bertz CT molecular complexity index is 488. The van der Waals surface area contributed by atoms with Gasteiger partial charge in [0.25, 0.3) is 0 Å². The lowest BCUT2D eigenvalue weighted by Crippen LogP contribution is -2.35. The maximum Gasteiger partial charge on any atom is 0.156 e. The zero-order chi connectivity index (χ0) is 14.0. The van der Waals surface area contributed by atoms with Gasteiger partial charge in [0.1, 0.15) is 0 Å². The quantitative estimate of drug-likeness (QED) is 0.908. The topological polar surface area (TPSA) is 46.2 Å². The smallest absolute Gasteiger partial charge is 0.156 e. The summed E-state index contributed by atoms with van der Waals surface area (Å²) < 4.78 is 23.9. The minimum Gasteiger partial charge on any atom is -0.308 e. The molecule has 1 heterocycles. The summed E-state index contributed by atoms with van der Waals surface area (Å²) in [6.45, 7) is 7.64. The molecule has 3 nitrogen and oxygen atoms in total. The van der Waals surface area contributed by atoms with Crippen molar-refractivity contribution in [2.24, 2.45) is 0 Å². The van der Waals surface area contributed by atoms with Crippen LogP contribution in [0.25, 0.3) is 0 Å². The van der Waals surface area contributed by atoms with Gasteiger partial charge in [-0.3, -0.25) is 0 Å². The molecule has 0 aromatic carbocycles. The van der Waals surface area contributed by atoms with Gasteiger partial charge in [-0.05, 0) is 39.8 Å². The first-order valence-corrected chi connectivity index (χ1v) is 8.69. The molecule has 0 saturated heterocycles. The van der Waals surface area contributed by atoms with E-state index in [-0.39, 0.29) is 11.8 Å². The van der Waals surface area contributed by atoms with E-state index < -0.39 is 14.6 Å². The lowest BCUT2D eigenvalue weighted by atomic mass is 10.3. The highest BCUT2D eigenvalue weighted by Gasteiger charge is 2.28. The van der Waals surface area contributed by atoms with Gasteiger partial charge in [0.05, 0.1) is 14.8 Å². The molecule has 18 heavy (non-hydrogen) atoms. The van der Waals surface area contributed by atoms with Crippen LogP contribution in [0.5, 0.6) is 0 Å². The van der Waals surface area contributed by atoms with Crippen molar-refractivity contribution in [2.45, 2.75) is 38.5 Å². The third-order valence-electron chi connectivity index (χ3n) is 2.78. The molecule has 1 rings (SSSR count). The molecular formula is C12H20ClNO2S2. The molecule has 0 aliphatic heterocycles. The van der Waals surface area contributed by atoms with E-state index >= 15 is 0 Å². The fraction of sp³-hybridized carbons (Fsp3) is 0.667. The zero-order valence-corrected chi connectivity index (χ0v) is 13.5. The molecule has 6 heteroatoms. The van der Waals surface area contributed by atoms with Crippen LogP contribution >= 0.6 is 22.9 Å². The summed E-state index contributed by atoms with van der Waals surface area (Å²) in [5, 5.41) is 3.21. The Hall–Kier alpha value is -0.100. The highest BCUT2D eigenvalue weighted by atomic mass is 35.5. The molecule has 0 bridgehead atoms. The van der Waals surface area contributed by atoms with Crippen molar-refractivity contribution >= 4 is 32.8 Å². The van der Waals surface area contributed by atoms with Crippen LogP contribution in [0.1, 0.15) is 38.6 Å². The highest BCUT2D eigenvalue weighted by molar-refractivity contribution is 7.92. The van der Waals surface area contributed by atoms with Crippen LogP contribution in [-0.4, -0.2) is 25.5 Å². The number of nitrogens with one attached hydrogen (secondary N) is 1.